The molecule has 0 N–H and O–H groups in total. The first kappa shape index (κ1) is 12.7. The summed E-state index contributed by atoms with van der Waals surface area (Å²) in [5, 5.41) is 0. The molecule has 0 aliphatic carbocycles. The van der Waals surface area contributed by atoms with Crippen molar-refractivity contribution in [2.24, 2.45) is 0 Å². The van der Waals surface area contributed by atoms with Crippen molar-refractivity contribution >= 4 is 20.2 Å². The van der Waals surface area contributed by atoms with Gasteiger partial charge in [0, 0.05) is 0 Å². The summed E-state index contributed by atoms with van der Waals surface area (Å²) in [7, 11) is 9.53. The van der Waals surface area contributed by atoms with E-state index in [0.29, 0.717) is 0 Å². The Morgan fingerprint density at radius 3 is 1.33 bits per heavy atom. The van der Waals surface area contributed by atoms with Crippen LogP contribution in [-0.4, -0.2) is 0 Å². The number of hydrogen-bond acceptors (Lipinski definition) is 0. The Hall–Kier alpha value is 1.10. The van der Waals surface area contributed by atoms with E-state index >= 15 is 0 Å². The number of unbranched alkanes of at least 4 members (excludes halogenated alkanes) is 3. The number of halogens is 2. The van der Waals surface area contributed by atoms with Crippen molar-refractivity contribution in [1.29, 1.82) is 0 Å². The van der Waals surface area contributed by atoms with Crippen LogP contribution in [0.2, 0.25) is 0 Å². The van der Waals surface area contributed by atoms with Gasteiger partial charge >= 0.3 is 33.3 Å². The third kappa shape index (κ3) is 27.3. The van der Waals surface area contributed by atoms with Gasteiger partial charge in [-0.25, -0.2) is 0 Å². The summed E-state index contributed by atoms with van der Waals surface area (Å²) in [4.78, 5) is 0. The van der Waals surface area contributed by atoms with Gasteiger partial charge in [0.15, 0.2) is 0 Å². The molecule has 0 fully saturated rings. The van der Waals surface area contributed by atoms with Gasteiger partial charge in [0.2, 0.25) is 0 Å². The molecule has 0 unspecified atom stereocenters. The van der Waals surface area contributed by atoms with Crippen LogP contribution >= 0.6 is 20.2 Å². The summed E-state index contributed by atoms with van der Waals surface area (Å²) in [6, 6.07) is 0. The molecular weight excluding hydrogens is 199 g/mol. The van der Waals surface area contributed by atoms with Crippen LogP contribution in [0.4, 0.5) is 0 Å². The molecule has 3 heteroatoms. The summed E-state index contributed by atoms with van der Waals surface area (Å²) in [5.74, 6) is 0. The third-order valence-electron chi connectivity index (χ3n) is 0.957. The van der Waals surface area contributed by atoms with Gasteiger partial charge in [-0.05, 0) is 0 Å². The van der Waals surface area contributed by atoms with Crippen molar-refractivity contribution in [2.75, 3.05) is 0 Å². The molecule has 0 aromatic carbocycles. The Labute approximate surface area is 72.9 Å². The first-order chi connectivity index (χ1) is 4.33. The summed E-state index contributed by atoms with van der Waals surface area (Å²) >= 11 is 0.194. The zero-order valence-electron chi connectivity index (χ0n) is 5.94. The van der Waals surface area contributed by atoms with Crippen LogP contribution in [0.3, 0.4) is 0 Å². The predicted octanol–water partition coefficient (Wildman–Crippen LogP) is 3.96. The Kier molecular flexibility index (Phi) is 22.7. The van der Waals surface area contributed by atoms with Crippen molar-refractivity contribution in [3.05, 3.63) is 0 Å². The molecule has 0 bridgehead atoms. The summed E-state index contributed by atoms with van der Waals surface area (Å²) in [6.45, 7) is 4.46. The Balaban J connectivity index is 0. The van der Waals surface area contributed by atoms with Crippen LogP contribution in [0, 0.1) is 0 Å². The molecule has 60 valence electrons. The molecule has 0 aromatic heterocycles. The normalized spacial score (nSPS) is 8.44. The molecule has 9 heavy (non-hydrogen) atoms. The number of rotatable bonds is 3. The maximum atomic E-state index is 4.76. The molecule has 0 saturated carbocycles. The molecule has 0 heterocycles. The van der Waals surface area contributed by atoms with Gasteiger partial charge in [0.25, 0.3) is 0 Å². The fraction of sp³-hybridized carbons (Fsp3) is 1.00. The van der Waals surface area contributed by atoms with Crippen molar-refractivity contribution in [3.63, 3.8) is 0 Å². The first-order valence-corrected chi connectivity index (χ1v) is 6.22. The van der Waals surface area contributed by atoms with Crippen LogP contribution in [0.1, 0.15) is 39.5 Å². The van der Waals surface area contributed by atoms with E-state index in [0.717, 1.165) is 0 Å². The SMILES string of the molecule is CCCCCC.[Cl][Fe][Cl]. The van der Waals surface area contributed by atoms with Gasteiger partial charge in [0.05, 0.1) is 0 Å². The summed E-state index contributed by atoms with van der Waals surface area (Å²) in [5.41, 5.74) is 0. The molecule has 0 radical (unpaired) electrons. The molecule has 0 aromatic rings. The molecule has 0 atom stereocenters. The van der Waals surface area contributed by atoms with Crippen molar-refractivity contribution < 1.29 is 13.1 Å². The fourth-order valence-corrected chi connectivity index (χ4v) is 0.500. The van der Waals surface area contributed by atoms with Gasteiger partial charge in [0.1, 0.15) is 0 Å². The van der Waals surface area contributed by atoms with E-state index < -0.39 is 0 Å². The average molecular weight is 213 g/mol. The molecule has 0 rings (SSSR count). The van der Waals surface area contributed by atoms with Gasteiger partial charge in [-0.2, -0.15) is 0 Å². The van der Waals surface area contributed by atoms with Crippen LogP contribution < -0.4 is 0 Å². The number of hydrogen-bond donors (Lipinski definition) is 0. The van der Waals surface area contributed by atoms with Crippen LogP contribution in [0.5, 0.6) is 0 Å². The Morgan fingerprint density at radius 1 is 1.00 bits per heavy atom. The molecular formula is C6H14Cl2Fe. The second-order valence-electron chi connectivity index (χ2n) is 1.76. The first-order valence-electron chi connectivity index (χ1n) is 3.18. The van der Waals surface area contributed by atoms with Crippen LogP contribution in [-0.2, 0) is 13.1 Å². The molecule has 0 amide bonds. The Morgan fingerprint density at radius 2 is 1.22 bits per heavy atom. The zero-order chi connectivity index (χ0) is 7.54. The van der Waals surface area contributed by atoms with Crippen molar-refractivity contribution in [3.8, 4) is 0 Å². The second-order valence-corrected chi connectivity index (χ2v) is 3.58. The van der Waals surface area contributed by atoms with E-state index in [1.807, 2.05) is 0 Å². The van der Waals surface area contributed by atoms with E-state index in [4.69, 9.17) is 20.2 Å². The molecule has 0 aliphatic rings. The maximum absolute atomic E-state index is 4.76. The van der Waals surface area contributed by atoms with E-state index in [-0.39, 0.29) is 13.1 Å². The van der Waals surface area contributed by atoms with Crippen molar-refractivity contribution in [2.45, 2.75) is 39.5 Å². The third-order valence-corrected chi connectivity index (χ3v) is 0.957. The van der Waals surface area contributed by atoms with Crippen LogP contribution in [0.15, 0.2) is 0 Å². The van der Waals surface area contributed by atoms with Gasteiger partial charge in [-0.1, -0.05) is 39.5 Å². The van der Waals surface area contributed by atoms with E-state index in [2.05, 4.69) is 13.8 Å². The van der Waals surface area contributed by atoms with E-state index in [9.17, 15) is 0 Å². The predicted molar refractivity (Wildman–Crippen MR) is 41.5 cm³/mol. The summed E-state index contributed by atoms with van der Waals surface area (Å²) < 4.78 is 0. The van der Waals surface area contributed by atoms with E-state index in [1.165, 1.54) is 25.7 Å². The average Bonchev–Trinajstić information content (AvgIpc) is 1.86. The fourth-order valence-electron chi connectivity index (χ4n) is 0.500. The van der Waals surface area contributed by atoms with Gasteiger partial charge in [-0.15, -0.1) is 0 Å². The van der Waals surface area contributed by atoms with E-state index in [1.54, 1.807) is 0 Å². The minimum atomic E-state index is 0.194. The van der Waals surface area contributed by atoms with Gasteiger partial charge in [-0.3, -0.25) is 0 Å². The molecule has 0 nitrogen and oxygen atoms in total. The van der Waals surface area contributed by atoms with Crippen LogP contribution in [0.25, 0.3) is 0 Å². The van der Waals surface area contributed by atoms with Crippen molar-refractivity contribution in [1.82, 2.24) is 0 Å². The molecule has 0 aliphatic heterocycles. The molecule has 0 spiro atoms. The monoisotopic (exact) mass is 212 g/mol. The summed E-state index contributed by atoms with van der Waals surface area (Å²) in [6.07, 6.45) is 5.54. The Bertz CT molecular complexity index is 30.2. The standard InChI is InChI=1S/C6H14.2ClH.Fe/c1-3-5-6-4-2;;;/h3-6H2,1-2H3;2*1H;/q;;;+2/p-2. The quantitative estimate of drug-likeness (QED) is 0.491. The zero-order valence-corrected chi connectivity index (χ0v) is 8.55. The minimum absolute atomic E-state index is 0.194. The van der Waals surface area contributed by atoms with Gasteiger partial charge < -0.3 is 0 Å². The second kappa shape index (κ2) is 16.0. The topological polar surface area (TPSA) is 0 Å². The molecule has 0 saturated heterocycles.